The van der Waals surface area contributed by atoms with Gasteiger partial charge in [0.25, 0.3) is 0 Å². The minimum atomic E-state index is 0.289. The van der Waals surface area contributed by atoms with Crippen LogP contribution >= 0.6 is 0 Å². The van der Waals surface area contributed by atoms with Gasteiger partial charge < -0.3 is 15.4 Å². The first-order chi connectivity index (χ1) is 13.9. The maximum atomic E-state index is 10.2. The summed E-state index contributed by atoms with van der Waals surface area (Å²) in [5.41, 5.74) is 5.19. The Morgan fingerprint density at radius 1 is 1.07 bits per heavy atom. The summed E-state index contributed by atoms with van der Waals surface area (Å²) in [7, 11) is 1.85. The van der Waals surface area contributed by atoms with E-state index in [9.17, 15) is 9.59 Å². The fourth-order valence-corrected chi connectivity index (χ4v) is 2.47. The molecule has 0 aromatic heterocycles. The van der Waals surface area contributed by atoms with Gasteiger partial charge in [-0.05, 0) is 74.2 Å². The minimum Gasteiger partial charge on any atom is -0.388 e. The first-order valence-corrected chi connectivity index (χ1v) is 9.88. The number of ketones is 1. The van der Waals surface area contributed by atoms with Crippen LogP contribution in [0.15, 0.2) is 42.5 Å². The zero-order valence-electron chi connectivity index (χ0n) is 18.2. The number of nitrogens with zero attached hydrogens (tertiary/aromatic N) is 1. The van der Waals surface area contributed by atoms with E-state index in [4.69, 9.17) is 5.26 Å². The molecule has 1 amide bonds. The molecule has 0 aliphatic rings. The van der Waals surface area contributed by atoms with Gasteiger partial charge >= 0.3 is 0 Å². The number of amides is 1. The van der Waals surface area contributed by atoms with Crippen LogP contribution in [-0.4, -0.2) is 19.2 Å². The van der Waals surface area contributed by atoms with Gasteiger partial charge in [0, 0.05) is 24.8 Å². The molecule has 5 nitrogen and oxygen atoms in total. The van der Waals surface area contributed by atoms with Gasteiger partial charge in [-0.25, -0.2) is 0 Å². The number of benzene rings is 2. The summed E-state index contributed by atoms with van der Waals surface area (Å²) in [5.74, 6) is 0.289. The third-order valence-electron chi connectivity index (χ3n) is 3.99. The summed E-state index contributed by atoms with van der Waals surface area (Å²) in [4.78, 5) is 20.2. The lowest BCUT2D eigenvalue weighted by molar-refractivity contribution is -0.117. The van der Waals surface area contributed by atoms with Crippen LogP contribution in [0.4, 0.5) is 11.4 Å². The van der Waals surface area contributed by atoms with Crippen LogP contribution in [0.3, 0.4) is 0 Å². The van der Waals surface area contributed by atoms with Crippen molar-refractivity contribution in [2.24, 2.45) is 0 Å². The maximum absolute atomic E-state index is 10.2. The number of nitriles is 1. The van der Waals surface area contributed by atoms with Crippen LogP contribution in [0.1, 0.15) is 56.7 Å². The molecule has 0 atom stereocenters. The van der Waals surface area contributed by atoms with Gasteiger partial charge in [-0.2, -0.15) is 5.26 Å². The highest BCUT2D eigenvalue weighted by atomic mass is 16.1. The van der Waals surface area contributed by atoms with Crippen molar-refractivity contribution in [1.82, 2.24) is 0 Å². The molecule has 0 unspecified atom stereocenters. The number of rotatable bonds is 7. The minimum absolute atomic E-state index is 0.289. The number of Topliss-reactive ketones (excluding diaryl/α,β-unsaturated/α-hetero) is 1. The standard InChI is InChI=1S/C11H15NO.C8H8N2.C5H10O/c1-3-4-10-5-6-11(12-8-13)7-9(10)2;1-10-8-4-2-7(6-9)3-5-8;1-3-4-5(2)6/h5-8H,3-4H2,1-2H3,(H,12,13);2-5,10H,1H3;3-4H2,1-2H3. The van der Waals surface area contributed by atoms with E-state index >= 15 is 0 Å². The zero-order valence-corrected chi connectivity index (χ0v) is 18.2. The predicted octanol–water partition coefficient (Wildman–Crippen LogP) is 5.49. The smallest absolute Gasteiger partial charge is 0.211 e. The van der Waals surface area contributed by atoms with E-state index in [1.165, 1.54) is 11.1 Å². The number of nitrogens with one attached hydrogen (secondary N) is 2. The van der Waals surface area contributed by atoms with E-state index in [1.54, 1.807) is 19.1 Å². The molecular weight excluding hydrogens is 362 g/mol. The number of anilines is 2. The fourth-order valence-electron chi connectivity index (χ4n) is 2.47. The lowest BCUT2D eigenvalue weighted by Crippen LogP contribution is -1.96. The molecule has 0 spiro atoms. The largest absolute Gasteiger partial charge is 0.388 e. The Morgan fingerprint density at radius 2 is 1.69 bits per heavy atom. The van der Waals surface area contributed by atoms with Crippen molar-refractivity contribution in [3.8, 4) is 6.07 Å². The maximum Gasteiger partial charge on any atom is 0.211 e. The topological polar surface area (TPSA) is 82.0 Å². The second kappa shape index (κ2) is 15.9. The van der Waals surface area contributed by atoms with Gasteiger partial charge in [0.15, 0.2) is 0 Å². The summed E-state index contributed by atoms with van der Waals surface area (Å²) >= 11 is 0. The van der Waals surface area contributed by atoms with E-state index in [1.807, 2.05) is 38.2 Å². The molecule has 0 saturated heterocycles. The summed E-state index contributed by atoms with van der Waals surface area (Å²) in [6, 6.07) is 15.4. The monoisotopic (exact) mass is 395 g/mol. The number of hydrogen-bond donors (Lipinski definition) is 2. The van der Waals surface area contributed by atoms with Crippen LogP contribution in [0, 0.1) is 18.3 Å². The Balaban J connectivity index is 0.000000436. The quantitative estimate of drug-likeness (QED) is 0.607. The lowest BCUT2D eigenvalue weighted by atomic mass is 10.0. The Hall–Kier alpha value is -3.13. The average molecular weight is 396 g/mol. The molecule has 0 saturated carbocycles. The number of hydrogen-bond acceptors (Lipinski definition) is 4. The van der Waals surface area contributed by atoms with E-state index in [0.717, 1.165) is 37.1 Å². The molecule has 0 radical (unpaired) electrons. The molecule has 0 heterocycles. The number of carbonyl (C=O) groups excluding carboxylic acids is 2. The molecule has 0 aliphatic heterocycles. The van der Waals surface area contributed by atoms with Gasteiger partial charge in [-0.15, -0.1) is 0 Å². The molecule has 2 aromatic carbocycles. The summed E-state index contributed by atoms with van der Waals surface area (Å²) in [6.07, 6.45) is 4.68. The van der Waals surface area contributed by atoms with Gasteiger partial charge in [0.2, 0.25) is 6.41 Å². The van der Waals surface area contributed by atoms with Crippen LogP contribution in [-0.2, 0) is 16.0 Å². The van der Waals surface area contributed by atoms with E-state index in [0.29, 0.717) is 12.0 Å². The van der Waals surface area contributed by atoms with Crippen LogP contribution in [0.2, 0.25) is 0 Å². The average Bonchev–Trinajstić information content (AvgIpc) is 2.71. The van der Waals surface area contributed by atoms with Crippen LogP contribution in [0.25, 0.3) is 0 Å². The molecule has 2 N–H and O–H groups in total. The van der Waals surface area contributed by atoms with Crippen molar-refractivity contribution < 1.29 is 9.59 Å². The lowest BCUT2D eigenvalue weighted by Gasteiger charge is -2.06. The van der Waals surface area contributed by atoms with Crippen molar-refractivity contribution >= 4 is 23.6 Å². The zero-order chi connectivity index (χ0) is 22.1. The first kappa shape index (κ1) is 25.9. The molecule has 156 valence electrons. The highest BCUT2D eigenvalue weighted by Crippen LogP contribution is 2.15. The third kappa shape index (κ3) is 12.0. The SMILES string of the molecule is CCCC(C)=O.CCCc1ccc(NC=O)cc1C.CNc1ccc(C#N)cc1. The molecule has 0 aliphatic carbocycles. The Morgan fingerprint density at radius 3 is 2.07 bits per heavy atom. The molecule has 2 rings (SSSR count). The normalized spacial score (nSPS) is 8.97. The van der Waals surface area contributed by atoms with E-state index in [-0.39, 0.29) is 5.78 Å². The number of aryl methyl sites for hydroxylation is 2. The highest BCUT2D eigenvalue weighted by molar-refractivity contribution is 5.75. The highest BCUT2D eigenvalue weighted by Gasteiger charge is 1.98. The number of carbonyl (C=O) groups is 2. The Labute approximate surface area is 175 Å². The van der Waals surface area contributed by atoms with Crippen molar-refractivity contribution in [3.05, 3.63) is 59.2 Å². The van der Waals surface area contributed by atoms with Gasteiger partial charge in [0.05, 0.1) is 11.6 Å². The molecule has 5 heteroatoms. The first-order valence-electron chi connectivity index (χ1n) is 9.88. The second-order valence-electron chi connectivity index (χ2n) is 6.54. The van der Waals surface area contributed by atoms with E-state index in [2.05, 4.69) is 36.6 Å². The van der Waals surface area contributed by atoms with Crippen molar-refractivity contribution in [1.29, 1.82) is 5.26 Å². The Bertz CT molecular complexity index is 778. The van der Waals surface area contributed by atoms with Crippen molar-refractivity contribution in [2.45, 2.75) is 53.4 Å². The van der Waals surface area contributed by atoms with Crippen molar-refractivity contribution in [3.63, 3.8) is 0 Å². The van der Waals surface area contributed by atoms with Gasteiger partial charge in [0.1, 0.15) is 5.78 Å². The fraction of sp³-hybridized carbons (Fsp3) is 0.375. The molecule has 2 aromatic rings. The molecular formula is C24H33N3O2. The molecule has 29 heavy (non-hydrogen) atoms. The molecule has 0 bridgehead atoms. The van der Waals surface area contributed by atoms with Gasteiger partial charge in [-0.3, -0.25) is 4.79 Å². The second-order valence-corrected chi connectivity index (χ2v) is 6.54. The predicted molar refractivity (Wildman–Crippen MR) is 121 cm³/mol. The third-order valence-corrected chi connectivity index (χ3v) is 3.99. The molecule has 0 fully saturated rings. The van der Waals surface area contributed by atoms with Gasteiger partial charge in [-0.1, -0.05) is 26.3 Å². The summed E-state index contributed by atoms with van der Waals surface area (Å²) in [5, 5.41) is 14.0. The van der Waals surface area contributed by atoms with E-state index < -0.39 is 0 Å². The summed E-state index contributed by atoms with van der Waals surface area (Å²) < 4.78 is 0. The summed E-state index contributed by atoms with van der Waals surface area (Å²) in [6.45, 7) is 7.85. The van der Waals surface area contributed by atoms with Crippen LogP contribution < -0.4 is 10.6 Å². The van der Waals surface area contributed by atoms with Crippen molar-refractivity contribution in [2.75, 3.05) is 17.7 Å². The van der Waals surface area contributed by atoms with Crippen LogP contribution in [0.5, 0.6) is 0 Å². The Kier molecular flexibility index (Phi) is 14.2.